The third kappa shape index (κ3) is 6.74. The molecule has 2 fully saturated rings. The van der Waals surface area contributed by atoms with Crippen LogP contribution in [0.15, 0.2) is 45.8 Å². The first-order chi connectivity index (χ1) is 18.2. The maximum Gasteiger partial charge on any atom is 0.294 e. The molecular formula is C26H26BrN3O7S. The summed E-state index contributed by atoms with van der Waals surface area (Å²) >= 11 is 4.22. The van der Waals surface area contributed by atoms with Crippen molar-refractivity contribution in [3.05, 3.63) is 56.9 Å². The fraction of sp³-hybridized carbons (Fsp3) is 0.308. The number of aryl methyl sites for hydroxylation is 1. The molecule has 10 nitrogen and oxygen atoms in total. The number of hydrogen-bond donors (Lipinski definition) is 1. The lowest BCUT2D eigenvalue weighted by Gasteiger charge is -2.28. The first-order valence-electron chi connectivity index (χ1n) is 11.7. The molecule has 0 aliphatic carbocycles. The molecule has 2 aliphatic rings. The number of ether oxygens (including phenoxy) is 3. The Morgan fingerprint density at radius 2 is 1.84 bits per heavy atom. The van der Waals surface area contributed by atoms with Gasteiger partial charge in [0.15, 0.2) is 18.1 Å². The van der Waals surface area contributed by atoms with Gasteiger partial charge in [0.05, 0.1) is 25.2 Å². The largest absolute Gasteiger partial charge is 0.493 e. The first kappa shape index (κ1) is 27.7. The monoisotopic (exact) mass is 603 g/mol. The van der Waals surface area contributed by atoms with Crippen LogP contribution >= 0.6 is 27.7 Å². The number of carbonyl (C=O) groups excluding carboxylic acids is 4. The maximum atomic E-state index is 12.9. The lowest BCUT2D eigenvalue weighted by molar-refractivity contribution is -0.139. The molecule has 0 bridgehead atoms. The second-order valence-electron chi connectivity index (χ2n) is 8.49. The lowest BCUT2D eigenvalue weighted by atomic mass is 10.2. The Morgan fingerprint density at radius 1 is 1.13 bits per heavy atom. The number of carbonyl (C=O) groups is 4. The minimum atomic E-state index is -0.541. The molecule has 38 heavy (non-hydrogen) atoms. The molecule has 2 aromatic rings. The van der Waals surface area contributed by atoms with Gasteiger partial charge in [0.25, 0.3) is 17.1 Å². The Morgan fingerprint density at radius 3 is 2.53 bits per heavy atom. The highest BCUT2D eigenvalue weighted by Crippen LogP contribution is 2.38. The summed E-state index contributed by atoms with van der Waals surface area (Å²) in [6.07, 6.45) is 1.55. The maximum absolute atomic E-state index is 12.9. The molecule has 12 heteroatoms. The van der Waals surface area contributed by atoms with Gasteiger partial charge in [-0.2, -0.15) is 0 Å². The van der Waals surface area contributed by atoms with Gasteiger partial charge in [-0.1, -0.05) is 33.6 Å². The van der Waals surface area contributed by atoms with Crippen LogP contribution in [-0.2, 0) is 19.1 Å². The summed E-state index contributed by atoms with van der Waals surface area (Å²) in [4.78, 5) is 53.0. The third-order valence-electron chi connectivity index (χ3n) is 5.79. The third-order valence-corrected chi connectivity index (χ3v) is 7.39. The minimum Gasteiger partial charge on any atom is -0.493 e. The van der Waals surface area contributed by atoms with Crippen LogP contribution in [0.1, 0.15) is 11.1 Å². The average molecular weight is 604 g/mol. The molecule has 0 unspecified atom stereocenters. The molecule has 0 saturated carbocycles. The predicted molar refractivity (Wildman–Crippen MR) is 146 cm³/mol. The van der Waals surface area contributed by atoms with Crippen molar-refractivity contribution in [2.45, 2.75) is 6.92 Å². The van der Waals surface area contributed by atoms with E-state index in [0.29, 0.717) is 53.5 Å². The molecule has 0 spiro atoms. The average Bonchev–Trinajstić information content (AvgIpc) is 3.17. The zero-order valence-electron chi connectivity index (χ0n) is 20.8. The van der Waals surface area contributed by atoms with Crippen LogP contribution < -0.4 is 14.8 Å². The Bertz CT molecular complexity index is 1280. The van der Waals surface area contributed by atoms with Crippen LogP contribution in [-0.4, -0.2) is 79.3 Å². The Hall–Kier alpha value is -3.35. The fourth-order valence-electron chi connectivity index (χ4n) is 3.74. The van der Waals surface area contributed by atoms with Crippen molar-refractivity contribution in [1.29, 1.82) is 0 Å². The van der Waals surface area contributed by atoms with E-state index in [1.54, 1.807) is 35.2 Å². The van der Waals surface area contributed by atoms with E-state index < -0.39 is 11.1 Å². The van der Waals surface area contributed by atoms with Crippen molar-refractivity contribution in [2.75, 3.05) is 51.9 Å². The Kier molecular flexibility index (Phi) is 9.08. The molecule has 2 aromatic carbocycles. The summed E-state index contributed by atoms with van der Waals surface area (Å²) in [6, 6.07) is 10.6. The van der Waals surface area contributed by atoms with Gasteiger partial charge < -0.3 is 24.4 Å². The van der Waals surface area contributed by atoms with E-state index in [0.717, 1.165) is 22.2 Å². The van der Waals surface area contributed by atoms with E-state index >= 15 is 0 Å². The fourth-order valence-corrected chi connectivity index (χ4v) is 5.00. The standard InChI is InChI=1S/C26H26BrN3O7S/c1-16-3-5-18(6-4-16)28-23(31)15-37-21-13-19(27)17(11-20(21)35-2)12-22-25(33)30(26(34)38-22)14-24(32)29-7-9-36-10-8-29/h3-6,11-13H,7-10,14-15H2,1-2H3,(H,28,31)/b22-12+. The smallest absolute Gasteiger partial charge is 0.294 e. The summed E-state index contributed by atoms with van der Waals surface area (Å²) in [6.45, 7) is 3.12. The van der Waals surface area contributed by atoms with E-state index in [1.807, 2.05) is 19.1 Å². The van der Waals surface area contributed by atoms with Gasteiger partial charge in [-0.15, -0.1) is 0 Å². The van der Waals surface area contributed by atoms with E-state index in [-0.39, 0.29) is 29.9 Å². The summed E-state index contributed by atoms with van der Waals surface area (Å²) in [5.41, 5.74) is 2.30. The van der Waals surface area contributed by atoms with Crippen LogP contribution in [0.4, 0.5) is 10.5 Å². The first-order valence-corrected chi connectivity index (χ1v) is 13.3. The Labute approximate surface area is 232 Å². The van der Waals surface area contributed by atoms with Crippen molar-refractivity contribution in [1.82, 2.24) is 9.80 Å². The van der Waals surface area contributed by atoms with Gasteiger partial charge in [-0.05, 0) is 54.6 Å². The molecule has 200 valence electrons. The summed E-state index contributed by atoms with van der Waals surface area (Å²) in [5, 5.41) is 2.25. The number of imide groups is 1. The molecule has 4 rings (SSSR count). The molecule has 1 N–H and O–H groups in total. The molecular weight excluding hydrogens is 578 g/mol. The van der Waals surface area contributed by atoms with Gasteiger partial charge in [-0.25, -0.2) is 0 Å². The number of anilines is 1. The highest BCUT2D eigenvalue weighted by atomic mass is 79.9. The molecule has 4 amide bonds. The number of hydrogen-bond acceptors (Lipinski definition) is 8. The summed E-state index contributed by atoms with van der Waals surface area (Å²) in [5.74, 6) is -0.520. The predicted octanol–water partition coefficient (Wildman–Crippen LogP) is 3.68. The van der Waals surface area contributed by atoms with Crippen LogP contribution in [0.3, 0.4) is 0 Å². The van der Waals surface area contributed by atoms with Crippen LogP contribution in [0.2, 0.25) is 0 Å². The van der Waals surface area contributed by atoms with Gasteiger partial charge >= 0.3 is 0 Å². The van der Waals surface area contributed by atoms with E-state index in [1.165, 1.54) is 7.11 Å². The lowest BCUT2D eigenvalue weighted by Crippen LogP contribution is -2.46. The number of benzene rings is 2. The molecule has 2 heterocycles. The number of halogens is 1. The summed E-state index contributed by atoms with van der Waals surface area (Å²) in [7, 11) is 1.46. The van der Waals surface area contributed by atoms with Gasteiger partial charge in [-0.3, -0.25) is 24.1 Å². The van der Waals surface area contributed by atoms with Crippen molar-refractivity contribution in [3.63, 3.8) is 0 Å². The highest BCUT2D eigenvalue weighted by Gasteiger charge is 2.37. The number of rotatable bonds is 8. The SMILES string of the molecule is COc1cc(/C=C2/SC(=O)N(CC(=O)N3CCOCC3)C2=O)c(Br)cc1OCC(=O)Nc1ccc(C)cc1. The van der Waals surface area contributed by atoms with Crippen molar-refractivity contribution >= 4 is 62.4 Å². The topological polar surface area (TPSA) is 114 Å². The minimum absolute atomic E-state index is 0.179. The molecule has 2 aliphatic heterocycles. The second-order valence-corrected chi connectivity index (χ2v) is 10.3. The Balaban J connectivity index is 1.42. The van der Waals surface area contributed by atoms with Crippen molar-refractivity contribution in [3.8, 4) is 11.5 Å². The van der Waals surface area contributed by atoms with Crippen LogP contribution in [0.5, 0.6) is 11.5 Å². The van der Waals surface area contributed by atoms with Gasteiger partial charge in [0.2, 0.25) is 5.91 Å². The summed E-state index contributed by atoms with van der Waals surface area (Å²) < 4.78 is 16.9. The van der Waals surface area contributed by atoms with Gasteiger partial charge in [0, 0.05) is 23.2 Å². The number of nitrogens with zero attached hydrogens (tertiary/aromatic N) is 2. The quantitative estimate of drug-likeness (QED) is 0.454. The zero-order chi connectivity index (χ0) is 27.2. The molecule has 0 radical (unpaired) electrons. The normalized spacial score (nSPS) is 16.7. The van der Waals surface area contributed by atoms with Gasteiger partial charge in [0.1, 0.15) is 6.54 Å². The van der Waals surface area contributed by atoms with Crippen LogP contribution in [0, 0.1) is 6.92 Å². The molecule has 0 atom stereocenters. The molecule has 0 aromatic heterocycles. The van der Waals surface area contributed by atoms with E-state index in [2.05, 4.69) is 21.2 Å². The number of thioether (sulfide) groups is 1. The second kappa shape index (κ2) is 12.5. The van der Waals surface area contributed by atoms with E-state index in [9.17, 15) is 19.2 Å². The number of amides is 4. The number of morpholine rings is 1. The number of nitrogens with one attached hydrogen (secondary N) is 1. The van der Waals surface area contributed by atoms with Crippen molar-refractivity contribution < 1.29 is 33.4 Å². The van der Waals surface area contributed by atoms with Crippen LogP contribution in [0.25, 0.3) is 6.08 Å². The molecule has 2 saturated heterocycles. The highest BCUT2D eigenvalue weighted by molar-refractivity contribution is 9.10. The van der Waals surface area contributed by atoms with E-state index in [4.69, 9.17) is 14.2 Å². The number of methoxy groups -OCH3 is 1. The van der Waals surface area contributed by atoms with Crippen molar-refractivity contribution in [2.24, 2.45) is 0 Å². The zero-order valence-corrected chi connectivity index (χ0v) is 23.2.